The molecule has 2 aliphatic rings. The van der Waals surface area contributed by atoms with Gasteiger partial charge in [-0.1, -0.05) is 30.3 Å². The summed E-state index contributed by atoms with van der Waals surface area (Å²) in [7, 11) is 0. The van der Waals surface area contributed by atoms with Crippen LogP contribution >= 0.6 is 0 Å². The van der Waals surface area contributed by atoms with Gasteiger partial charge in [-0.15, -0.1) is 0 Å². The minimum atomic E-state index is -0.272. The molecule has 6 rings (SSSR count). The maximum Gasteiger partial charge on any atom is 0.172 e. The molecule has 4 nitrogen and oxygen atoms in total. The quantitative estimate of drug-likeness (QED) is 0.264. The zero-order valence-electron chi connectivity index (χ0n) is 21.4. The van der Waals surface area contributed by atoms with Crippen molar-refractivity contribution in [2.45, 2.75) is 38.2 Å². The first kappa shape index (κ1) is 24.7. The smallest absolute Gasteiger partial charge is 0.172 e. The van der Waals surface area contributed by atoms with Crippen LogP contribution in [0.4, 0.5) is 8.92 Å². The van der Waals surface area contributed by atoms with Crippen LogP contribution in [0.2, 0.25) is 0 Å². The summed E-state index contributed by atoms with van der Waals surface area (Å²) in [5, 5.41) is 1.19. The number of hydrogen-bond donors (Lipinski definition) is 1. The summed E-state index contributed by atoms with van der Waals surface area (Å²) in [5.41, 5.74) is 8.05. The molecular weight excluding hydrogens is 482 g/mol. The Labute approximate surface area is 221 Å². The Morgan fingerprint density at radius 3 is 2.61 bits per heavy atom. The van der Waals surface area contributed by atoms with Crippen molar-refractivity contribution in [3.05, 3.63) is 95.2 Å². The molecule has 1 aliphatic carbocycles. The third kappa shape index (κ3) is 5.05. The predicted molar refractivity (Wildman–Crippen MR) is 148 cm³/mol. The monoisotopic (exact) mass is 514 g/mol. The Morgan fingerprint density at radius 1 is 0.921 bits per heavy atom. The minimum Gasteiger partial charge on any atom is -0.489 e. The number of allylic oxidation sites excluding steroid dienone is 1. The lowest BCUT2D eigenvalue weighted by Gasteiger charge is -2.19. The highest BCUT2D eigenvalue weighted by Crippen LogP contribution is 2.41. The van der Waals surface area contributed by atoms with Crippen LogP contribution in [0.5, 0.6) is 11.5 Å². The number of aromatic amines is 1. The number of aromatic nitrogens is 1. The van der Waals surface area contributed by atoms with Crippen LogP contribution in [0.25, 0.3) is 22.0 Å². The summed E-state index contributed by atoms with van der Waals surface area (Å²) in [6, 6.07) is 22.5. The Hall–Kier alpha value is -3.64. The summed E-state index contributed by atoms with van der Waals surface area (Å²) in [5.74, 6) is 1.08. The Bertz CT molecular complexity index is 1440. The second kappa shape index (κ2) is 11.0. The van der Waals surface area contributed by atoms with Gasteiger partial charge in [0, 0.05) is 35.9 Å². The molecule has 1 aromatic heterocycles. The van der Waals surface area contributed by atoms with Crippen LogP contribution < -0.4 is 9.68 Å². The van der Waals surface area contributed by atoms with Gasteiger partial charge in [-0.05, 0) is 107 Å². The number of hydrogen-bond acceptors (Lipinski definition) is 3. The number of fused-ring (bicyclic) bond motifs is 2. The van der Waals surface area contributed by atoms with Gasteiger partial charge in [-0.2, -0.15) is 0 Å². The van der Waals surface area contributed by atoms with E-state index in [2.05, 4.69) is 51.2 Å². The number of aryl methyl sites for hydroxylation is 1. The van der Waals surface area contributed by atoms with E-state index < -0.39 is 0 Å². The molecule has 4 aromatic rings. The third-order valence-corrected chi connectivity index (χ3v) is 7.80. The molecule has 1 N–H and O–H groups in total. The van der Waals surface area contributed by atoms with Crippen molar-refractivity contribution >= 4 is 22.0 Å². The fourth-order valence-electron chi connectivity index (χ4n) is 5.94. The zero-order chi connectivity index (χ0) is 25.9. The lowest BCUT2D eigenvalue weighted by Crippen LogP contribution is -2.26. The average molecular weight is 515 g/mol. The van der Waals surface area contributed by atoms with E-state index >= 15 is 0 Å². The van der Waals surface area contributed by atoms with Crippen LogP contribution in [-0.4, -0.2) is 42.3 Å². The number of nitrogens with one attached hydrogen (secondary N) is 1. The van der Waals surface area contributed by atoms with Crippen molar-refractivity contribution in [1.82, 2.24) is 9.88 Å². The zero-order valence-corrected chi connectivity index (χ0v) is 21.4. The first-order valence-electron chi connectivity index (χ1n) is 13.5. The van der Waals surface area contributed by atoms with E-state index in [1.807, 2.05) is 30.5 Å². The number of alkyl halides is 1. The fourth-order valence-corrected chi connectivity index (χ4v) is 5.94. The predicted octanol–water partition coefficient (Wildman–Crippen LogP) is 7.54. The Morgan fingerprint density at radius 2 is 1.76 bits per heavy atom. The van der Waals surface area contributed by atoms with E-state index in [1.54, 1.807) is 6.07 Å². The van der Waals surface area contributed by atoms with E-state index in [4.69, 9.17) is 4.74 Å². The Kier molecular flexibility index (Phi) is 7.14. The molecule has 0 saturated carbocycles. The van der Waals surface area contributed by atoms with Crippen molar-refractivity contribution in [3.8, 4) is 11.5 Å². The van der Waals surface area contributed by atoms with Gasteiger partial charge < -0.3 is 9.72 Å². The summed E-state index contributed by atoms with van der Waals surface area (Å²) in [4.78, 5) is 9.67. The molecule has 0 bridgehead atoms. The number of H-pyrrole nitrogens is 1. The van der Waals surface area contributed by atoms with Crippen molar-refractivity contribution in [2.75, 3.05) is 26.3 Å². The molecule has 6 heteroatoms. The highest BCUT2D eigenvalue weighted by atomic mass is 19.3. The van der Waals surface area contributed by atoms with Gasteiger partial charge in [0.15, 0.2) is 5.75 Å². The summed E-state index contributed by atoms with van der Waals surface area (Å²) < 4.78 is 31.9. The molecule has 2 heterocycles. The van der Waals surface area contributed by atoms with E-state index in [0.29, 0.717) is 6.42 Å². The second-order valence-corrected chi connectivity index (χ2v) is 10.3. The highest BCUT2D eigenvalue weighted by Gasteiger charge is 2.24. The molecular formula is C32H32F2N2O2. The number of likely N-dealkylation sites (tertiary alicyclic amines) is 1. The number of nitrogens with zero attached hydrogens (tertiary/aromatic N) is 1. The molecule has 0 spiro atoms. The van der Waals surface area contributed by atoms with Crippen molar-refractivity contribution in [1.29, 1.82) is 0 Å². The van der Waals surface area contributed by atoms with Crippen LogP contribution in [0, 0.1) is 0 Å². The summed E-state index contributed by atoms with van der Waals surface area (Å²) >= 11 is 0. The summed E-state index contributed by atoms with van der Waals surface area (Å²) in [6.45, 7) is 2.30. The SMILES string of the molecule is FCCCN1CC[C@H](Oc2ccc(C3=C(c4ccc5cc[nH]c5c4)CCCc4cc(OF)ccc43)cc2)C1. The molecule has 3 aromatic carbocycles. The molecule has 0 amide bonds. The van der Waals surface area contributed by atoms with Gasteiger partial charge in [0.1, 0.15) is 11.9 Å². The standard InChI is InChI=1S/C32H32F2N2O2/c33-15-2-17-36-18-14-28(21-36)37-26-9-7-23(8-10-26)32-29(25-6-5-22-13-16-35-31(22)20-25)4-1-3-24-19-27(38-34)11-12-30(24)32/h5-13,16,19-20,28,35H,1-4,14-15,17-18,21H2/t28-/m0/s1. The fraction of sp³-hybridized carbons (Fsp3) is 0.312. The second-order valence-electron chi connectivity index (χ2n) is 10.3. The van der Waals surface area contributed by atoms with E-state index in [-0.39, 0.29) is 18.5 Å². The number of halogens is 2. The van der Waals surface area contributed by atoms with Crippen LogP contribution in [-0.2, 0) is 6.42 Å². The van der Waals surface area contributed by atoms with Crippen LogP contribution in [0.15, 0.2) is 72.9 Å². The molecule has 0 radical (unpaired) electrons. The maximum absolute atomic E-state index is 13.0. The normalized spacial score (nSPS) is 18.0. The first-order chi connectivity index (χ1) is 18.7. The van der Waals surface area contributed by atoms with Gasteiger partial charge in [0.05, 0.1) is 6.67 Å². The Balaban J connectivity index is 1.35. The van der Waals surface area contributed by atoms with Gasteiger partial charge in [0.2, 0.25) is 0 Å². The van der Waals surface area contributed by atoms with E-state index in [9.17, 15) is 8.92 Å². The molecule has 38 heavy (non-hydrogen) atoms. The lowest BCUT2D eigenvalue weighted by molar-refractivity contribution is -0.00629. The largest absolute Gasteiger partial charge is 0.489 e. The van der Waals surface area contributed by atoms with E-state index in [0.717, 1.165) is 73.3 Å². The lowest BCUT2D eigenvalue weighted by atomic mass is 9.87. The average Bonchev–Trinajstić information content (AvgIpc) is 3.57. The third-order valence-electron chi connectivity index (χ3n) is 7.80. The van der Waals surface area contributed by atoms with Gasteiger partial charge in [-0.25, -0.2) is 0 Å². The number of ether oxygens (including phenoxy) is 1. The molecule has 1 saturated heterocycles. The van der Waals surface area contributed by atoms with Crippen molar-refractivity contribution in [2.24, 2.45) is 0 Å². The number of rotatable bonds is 8. The van der Waals surface area contributed by atoms with Crippen LogP contribution in [0.1, 0.15) is 47.9 Å². The van der Waals surface area contributed by atoms with Gasteiger partial charge in [-0.3, -0.25) is 14.2 Å². The summed E-state index contributed by atoms with van der Waals surface area (Å²) in [6.07, 6.45) is 6.36. The highest BCUT2D eigenvalue weighted by molar-refractivity contribution is 6.01. The maximum atomic E-state index is 13.0. The van der Waals surface area contributed by atoms with Gasteiger partial charge in [0.25, 0.3) is 0 Å². The topological polar surface area (TPSA) is 37.5 Å². The van der Waals surface area contributed by atoms with E-state index in [1.165, 1.54) is 22.1 Å². The molecule has 196 valence electrons. The van der Waals surface area contributed by atoms with Crippen molar-refractivity contribution in [3.63, 3.8) is 0 Å². The molecule has 1 fully saturated rings. The molecule has 1 aliphatic heterocycles. The van der Waals surface area contributed by atoms with Crippen molar-refractivity contribution < 1.29 is 18.6 Å². The first-order valence-corrected chi connectivity index (χ1v) is 13.5. The van der Waals surface area contributed by atoms with Gasteiger partial charge >= 0.3 is 0 Å². The molecule has 0 unspecified atom stereocenters. The molecule has 1 atom stereocenters. The number of benzene rings is 3. The van der Waals surface area contributed by atoms with Crippen LogP contribution in [0.3, 0.4) is 0 Å². The minimum absolute atomic E-state index is 0.125.